The van der Waals surface area contributed by atoms with Crippen molar-refractivity contribution in [1.82, 2.24) is 14.9 Å². The zero-order valence-electron chi connectivity index (χ0n) is 10.7. The number of nitrogens with one attached hydrogen (secondary N) is 1. The quantitative estimate of drug-likeness (QED) is 0.835. The van der Waals surface area contributed by atoms with Crippen LogP contribution in [0.1, 0.15) is 54.6 Å². The van der Waals surface area contributed by atoms with E-state index in [1.54, 1.807) is 0 Å². The lowest BCUT2D eigenvalue weighted by Gasteiger charge is -2.35. The molecule has 0 bridgehead atoms. The van der Waals surface area contributed by atoms with Crippen LogP contribution in [-0.4, -0.2) is 26.0 Å². The summed E-state index contributed by atoms with van der Waals surface area (Å²) in [5.41, 5.74) is 5.37. The molecule has 3 N–H and O–H groups in total. The highest BCUT2D eigenvalue weighted by Gasteiger charge is 2.35. The van der Waals surface area contributed by atoms with Crippen molar-refractivity contribution in [1.29, 1.82) is 0 Å². The van der Waals surface area contributed by atoms with Gasteiger partial charge in [-0.1, -0.05) is 48.8 Å². The maximum absolute atomic E-state index is 12.2. The number of rotatable bonds is 3. The van der Waals surface area contributed by atoms with Crippen molar-refractivity contribution in [2.24, 2.45) is 5.73 Å². The number of nitrogens with zero attached hydrogens (tertiary/aromatic N) is 2. The third-order valence-electron chi connectivity index (χ3n) is 3.62. The molecule has 1 aliphatic carbocycles. The Balaban J connectivity index is 2.13. The summed E-state index contributed by atoms with van der Waals surface area (Å²) in [6.07, 6.45) is 8.78. The summed E-state index contributed by atoms with van der Waals surface area (Å²) in [7, 11) is 0. The van der Waals surface area contributed by atoms with Gasteiger partial charge in [0.05, 0.1) is 16.7 Å². The molecular formula is C12H18N4OS2. The number of hydrogen-bond acceptors (Lipinski definition) is 5. The number of carbonyl (C=O) groups is 1. The van der Waals surface area contributed by atoms with Crippen molar-refractivity contribution in [2.75, 3.05) is 0 Å². The first-order chi connectivity index (χ1) is 9.14. The fourth-order valence-electron chi connectivity index (χ4n) is 2.49. The third-order valence-corrected chi connectivity index (χ3v) is 4.67. The SMILES string of the molecule is NC(=S)C1(NC(=O)c2cnns2)CCCCCCC1. The fraction of sp³-hybridized carbons (Fsp3) is 0.667. The lowest BCUT2D eigenvalue weighted by molar-refractivity contribution is 0.0917. The van der Waals surface area contributed by atoms with Crippen LogP contribution in [0.5, 0.6) is 0 Å². The molecule has 1 saturated carbocycles. The first-order valence-electron chi connectivity index (χ1n) is 6.54. The van der Waals surface area contributed by atoms with Crippen LogP contribution >= 0.6 is 23.8 Å². The summed E-state index contributed by atoms with van der Waals surface area (Å²) in [6, 6.07) is 0. The first-order valence-corrected chi connectivity index (χ1v) is 7.72. The second kappa shape index (κ2) is 6.38. The normalized spacial score (nSPS) is 19.2. The summed E-state index contributed by atoms with van der Waals surface area (Å²) >= 11 is 6.30. The van der Waals surface area contributed by atoms with Crippen LogP contribution in [0, 0.1) is 0 Å². The molecule has 1 aromatic heterocycles. The van der Waals surface area contributed by atoms with Crippen LogP contribution in [0.25, 0.3) is 0 Å². The molecule has 0 unspecified atom stereocenters. The molecule has 0 atom stereocenters. The summed E-state index contributed by atoms with van der Waals surface area (Å²) in [5.74, 6) is -0.177. The van der Waals surface area contributed by atoms with E-state index in [2.05, 4.69) is 14.9 Å². The van der Waals surface area contributed by atoms with Gasteiger partial charge in [-0.15, -0.1) is 5.10 Å². The van der Waals surface area contributed by atoms with Crippen molar-refractivity contribution in [2.45, 2.75) is 50.5 Å². The molecule has 0 spiro atoms. The molecule has 0 saturated heterocycles. The Kier molecular flexibility index (Phi) is 4.81. The molecule has 7 heteroatoms. The van der Waals surface area contributed by atoms with Gasteiger partial charge >= 0.3 is 0 Å². The molecule has 1 aliphatic rings. The molecule has 0 radical (unpaired) electrons. The largest absolute Gasteiger partial charge is 0.391 e. The topological polar surface area (TPSA) is 80.9 Å². The van der Waals surface area contributed by atoms with Crippen molar-refractivity contribution in [3.63, 3.8) is 0 Å². The molecule has 2 rings (SSSR count). The van der Waals surface area contributed by atoms with Crippen molar-refractivity contribution < 1.29 is 4.79 Å². The highest BCUT2D eigenvalue weighted by Crippen LogP contribution is 2.27. The highest BCUT2D eigenvalue weighted by molar-refractivity contribution is 7.80. The van der Waals surface area contributed by atoms with E-state index in [1.165, 1.54) is 25.5 Å². The molecule has 1 heterocycles. The second-order valence-corrected chi connectivity index (χ2v) is 6.18. The molecule has 1 aromatic rings. The minimum absolute atomic E-state index is 0.177. The summed E-state index contributed by atoms with van der Waals surface area (Å²) in [4.78, 5) is 13.1. The number of hydrogen-bond donors (Lipinski definition) is 2. The minimum atomic E-state index is -0.545. The van der Waals surface area contributed by atoms with Crippen LogP contribution < -0.4 is 11.1 Å². The molecule has 1 amide bonds. The van der Waals surface area contributed by atoms with Crippen LogP contribution in [0.3, 0.4) is 0 Å². The van der Waals surface area contributed by atoms with Gasteiger partial charge in [0.15, 0.2) is 0 Å². The van der Waals surface area contributed by atoms with Gasteiger partial charge in [-0.05, 0) is 24.4 Å². The fourth-order valence-corrected chi connectivity index (χ4v) is 3.15. The van der Waals surface area contributed by atoms with E-state index >= 15 is 0 Å². The first kappa shape index (κ1) is 14.3. The van der Waals surface area contributed by atoms with Gasteiger partial charge in [0.25, 0.3) is 5.91 Å². The lowest BCUT2D eigenvalue weighted by atomic mass is 9.83. The number of carbonyl (C=O) groups excluding carboxylic acids is 1. The van der Waals surface area contributed by atoms with E-state index in [0.717, 1.165) is 37.2 Å². The molecule has 19 heavy (non-hydrogen) atoms. The lowest BCUT2D eigenvalue weighted by Crippen LogP contribution is -2.56. The van der Waals surface area contributed by atoms with Gasteiger partial charge in [0.2, 0.25) is 0 Å². The van der Waals surface area contributed by atoms with Crippen LogP contribution in [0.4, 0.5) is 0 Å². The average molecular weight is 298 g/mol. The highest BCUT2D eigenvalue weighted by atomic mass is 32.1. The maximum Gasteiger partial charge on any atom is 0.265 e. The molecule has 104 valence electrons. The third kappa shape index (κ3) is 3.48. The van der Waals surface area contributed by atoms with Crippen molar-refractivity contribution in [3.05, 3.63) is 11.1 Å². The van der Waals surface area contributed by atoms with Gasteiger partial charge in [0.1, 0.15) is 4.88 Å². The number of nitrogens with two attached hydrogens (primary N) is 1. The smallest absolute Gasteiger partial charge is 0.265 e. The maximum atomic E-state index is 12.2. The van der Waals surface area contributed by atoms with E-state index in [9.17, 15) is 4.79 Å². The zero-order chi connectivity index (χ0) is 13.7. The number of thiocarbonyl (C=S) groups is 1. The van der Waals surface area contributed by atoms with Crippen LogP contribution in [-0.2, 0) is 0 Å². The van der Waals surface area contributed by atoms with Crippen molar-refractivity contribution >= 4 is 34.6 Å². The zero-order valence-corrected chi connectivity index (χ0v) is 12.4. The van der Waals surface area contributed by atoms with Gasteiger partial charge in [-0.3, -0.25) is 4.79 Å². The van der Waals surface area contributed by atoms with Crippen LogP contribution in [0.2, 0.25) is 0 Å². The summed E-state index contributed by atoms with van der Waals surface area (Å²) < 4.78 is 3.70. The van der Waals surface area contributed by atoms with Gasteiger partial charge in [0, 0.05) is 0 Å². The van der Waals surface area contributed by atoms with Crippen LogP contribution in [0.15, 0.2) is 6.20 Å². The van der Waals surface area contributed by atoms with Gasteiger partial charge < -0.3 is 11.1 Å². The van der Waals surface area contributed by atoms with E-state index in [4.69, 9.17) is 18.0 Å². The Bertz CT molecular complexity index is 439. The van der Waals surface area contributed by atoms with Gasteiger partial charge in [-0.2, -0.15) is 0 Å². The second-order valence-electron chi connectivity index (χ2n) is 4.95. The molecule has 0 aliphatic heterocycles. The Hall–Kier alpha value is -1.08. The molecule has 0 aromatic carbocycles. The van der Waals surface area contributed by atoms with E-state index in [-0.39, 0.29) is 5.91 Å². The average Bonchev–Trinajstić information content (AvgIpc) is 2.86. The Labute approximate surface area is 122 Å². The summed E-state index contributed by atoms with van der Waals surface area (Å²) in [5, 5.41) is 6.71. The van der Waals surface area contributed by atoms with Crippen molar-refractivity contribution in [3.8, 4) is 0 Å². The number of amides is 1. The Morgan fingerprint density at radius 3 is 2.47 bits per heavy atom. The van der Waals surface area contributed by atoms with E-state index in [0.29, 0.717) is 9.87 Å². The van der Waals surface area contributed by atoms with E-state index in [1.807, 2.05) is 0 Å². The predicted molar refractivity (Wildman–Crippen MR) is 79.2 cm³/mol. The Morgan fingerprint density at radius 1 is 1.32 bits per heavy atom. The molecule has 5 nitrogen and oxygen atoms in total. The van der Waals surface area contributed by atoms with Gasteiger partial charge in [-0.25, -0.2) is 0 Å². The molecule has 1 fully saturated rings. The summed E-state index contributed by atoms with van der Waals surface area (Å²) in [6.45, 7) is 0. The molecular weight excluding hydrogens is 280 g/mol. The monoisotopic (exact) mass is 298 g/mol. The standard InChI is InChI=1S/C12H18N4OS2/c13-11(18)12(6-4-2-1-3-5-7-12)15-10(17)9-8-14-16-19-9/h8H,1-7H2,(H2,13,18)(H,15,17). The predicted octanol–water partition coefficient (Wildman–Crippen LogP) is 2.04. The number of aromatic nitrogens is 2. The minimum Gasteiger partial charge on any atom is -0.391 e. The van der Waals surface area contributed by atoms with E-state index < -0.39 is 5.54 Å². The Morgan fingerprint density at radius 2 is 1.95 bits per heavy atom.